The van der Waals surface area contributed by atoms with E-state index in [1.807, 2.05) is 0 Å². The van der Waals surface area contributed by atoms with Crippen molar-refractivity contribution in [2.45, 2.75) is 84.1 Å². The SMILES string of the molecule is CC(C)(C)OC(=O)N[C@@H](Cc1cncn1C(=O)OC(C)(C)C)C(=O)N1CCC[C@H]1C(N)=O. The summed E-state index contributed by atoms with van der Waals surface area (Å²) in [4.78, 5) is 55.4. The van der Waals surface area contributed by atoms with E-state index in [0.717, 1.165) is 0 Å². The highest BCUT2D eigenvalue weighted by molar-refractivity contribution is 5.91. The molecule has 1 aromatic heterocycles. The van der Waals surface area contributed by atoms with Crippen molar-refractivity contribution in [2.24, 2.45) is 5.73 Å². The average Bonchev–Trinajstić information content (AvgIpc) is 3.26. The van der Waals surface area contributed by atoms with Crippen LogP contribution < -0.4 is 11.1 Å². The zero-order valence-electron chi connectivity index (χ0n) is 19.5. The quantitative estimate of drug-likeness (QED) is 0.691. The Morgan fingerprint density at radius 1 is 1.16 bits per heavy atom. The molecule has 178 valence electrons. The molecule has 1 aliphatic rings. The van der Waals surface area contributed by atoms with Crippen molar-refractivity contribution in [2.75, 3.05) is 6.54 Å². The first kappa shape index (κ1) is 25.2. The molecule has 0 bridgehead atoms. The number of carbonyl (C=O) groups excluding carboxylic acids is 4. The van der Waals surface area contributed by atoms with Gasteiger partial charge in [-0.1, -0.05) is 0 Å². The lowest BCUT2D eigenvalue weighted by atomic mass is 10.1. The standard InChI is InChI=1S/C21H33N5O6/c1-20(2,3)31-18(29)24-14(17(28)25-9-7-8-15(25)16(22)27)10-13-11-23-12-26(13)19(30)32-21(4,5)6/h11-12,14-15H,7-10H2,1-6H3,(H2,22,27)(H,24,29)/t14-,15-/m0/s1. The molecule has 0 unspecified atom stereocenters. The lowest BCUT2D eigenvalue weighted by Gasteiger charge is -2.29. The number of hydrogen-bond acceptors (Lipinski definition) is 7. The second-order valence-electron chi connectivity index (χ2n) is 9.73. The molecule has 11 nitrogen and oxygen atoms in total. The van der Waals surface area contributed by atoms with Crippen LogP contribution in [0.25, 0.3) is 0 Å². The number of carbonyl (C=O) groups is 4. The van der Waals surface area contributed by atoms with E-state index in [2.05, 4.69) is 10.3 Å². The fourth-order valence-electron chi connectivity index (χ4n) is 3.33. The molecule has 3 amide bonds. The Bertz CT molecular complexity index is 867. The monoisotopic (exact) mass is 451 g/mol. The van der Waals surface area contributed by atoms with Gasteiger partial charge < -0.3 is 25.4 Å². The molecule has 2 heterocycles. The number of amides is 3. The number of aromatic nitrogens is 2. The number of nitrogens with two attached hydrogens (primary N) is 1. The van der Waals surface area contributed by atoms with E-state index in [1.165, 1.54) is 22.0 Å². The number of hydrogen-bond donors (Lipinski definition) is 2. The van der Waals surface area contributed by atoms with Gasteiger partial charge in [0, 0.05) is 19.2 Å². The maximum Gasteiger partial charge on any atom is 0.420 e. The van der Waals surface area contributed by atoms with Crippen LogP contribution in [0.4, 0.5) is 9.59 Å². The summed E-state index contributed by atoms with van der Waals surface area (Å²) in [5, 5.41) is 2.56. The molecule has 0 spiro atoms. The third kappa shape index (κ3) is 6.96. The molecular formula is C21H33N5O6. The zero-order valence-corrected chi connectivity index (χ0v) is 19.5. The predicted octanol–water partition coefficient (Wildman–Crippen LogP) is 1.58. The molecule has 1 fully saturated rings. The van der Waals surface area contributed by atoms with Gasteiger partial charge in [0.25, 0.3) is 0 Å². The van der Waals surface area contributed by atoms with Gasteiger partial charge in [-0.25, -0.2) is 19.1 Å². The van der Waals surface area contributed by atoms with Crippen molar-refractivity contribution in [3.63, 3.8) is 0 Å². The topological polar surface area (TPSA) is 146 Å². The number of nitrogens with zero attached hydrogens (tertiary/aromatic N) is 3. The number of ether oxygens (including phenoxy) is 2. The highest BCUT2D eigenvalue weighted by Gasteiger charge is 2.38. The maximum atomic E-state index is 13.3. The normalized spacial score (nSPS) is 17.6. The van der Waals surface area contributed by atoms with Crippen LogP contribution in [0.3, 0.4) is 0 Å². The van der Waals surface area contributed by atoms with Crippen LogP contribution in [0, 0.1) is 0 Å². The van der Waals surface area contributed by atoms with Crippen molar-refractivity contribution < 1.29 is 28.7 Å². The fourth-order valence-corrected chi connectivity index (χ4v) is 3.33. The van der Waals surface area contributed by atoms with Gasteiger partial charge >= 0.3 is 12.2 Å². The van der Waals surface area contributed by atoms with E-state index < -0.39 is 47.3 Å². The third-order valence-electron chi connectivity index (χ3n) is 4.57. The Labute approximate surface area is 187 Å². The third-order valence-corrected chi connectivity index (χ3v) is 4.57. The second-order valence-corrected chi connectivity index (χ2v) is 9.73. The summed E-state index contributed by atoms with van der Waals surface area (Å²) in [6.45, 7) is 10.6. The van der Waals surface area contributed by atoms with Crippen LogP contribution in [-0.4, -0.2) is 68.3 Å². The Morgan fingerprint density at radius 2 is 1.78 bits per heavy atom. The van der Waals surface area contributed by atoms with Crippen LogP contribution in [0.2, 0.25) is 0 Å². The lowest BCUT2D eigenvalue weighted by Crippen LogP contribution is -2.54. The Kier molecular flexibility index (Phi) is 7.53. The first-order valence-electron chi connectivity index (χ1n) is 10.5. The first-order chi connectivity index (χ1) is 14.7. The molecule has 0 aromatic carbocycles. The first-order valence-corrected chi connectivity index (χ1v) is 10.5. The van der Waals surface area contributed by atoms with Crippen molar-refractivity contribution in [1.29, 1.82) is 0 Å². The molecular weight excluding hydrogens is 418 g/mol. The maximum absolute atomic E-state index is 13.3. The molecule has 2 atom stereocenters. The summed E-state index contributed by atoms with van der Waals surface area (Å²) >= 11 is 0. The van der Waals surface area contributed by atoms with Gasteiger partial charge in [0.1, 0.15) is 29.6 Å². The number of nitrogens with one attached hydrogen (secondary N) is 1. The number of primary amides is 1. The second kappa shape index (κ2) is 9.58. The molecule has 3 N–H and O–H groups in total. The summed E-state index contributed by atoms with van der Waals surface area (Å²) in [6, 6.07) is -1.86. The van der Waals surface area contributed by atoms with Crippen molar-refractivity contribution >= 4 is 24.0 Å². The highest BCUT2D eigenvalue weighted by atomic mass is 16.6. The smallest absolute Gasteiger partial charge is 0.420 e. The summed E-state index contributed by atoms with van der Waals surface area (Å²) in [5.41, 5.74) is 4.29. The van der Waals surface area contributed by atoms with Crippen molar-refractivity contribution in [1.82, 2.24) is 19.8 Å². The number of imidazole rings is 1. The minimum Gasteiger partial charge on any atom is -0.444 e. The van der Waals surface area contributed by atoms with Gasteiger partial charge in [-0.05, 0) is 54.4 Å². The van der Waals surface area contributed by atoms with Crippen LogP contribution >= 0.6 is 0 Å². The molecule has 0 radical (unpaired) electrons. The fraction of sp³-hybridized carbons (Fsp3) is 0.667. The molecule has 0 aliphatic carbocycles. The van der Waals surface area contributed by atoms with E-state index >= 15 is 0 Å². The molecule has 1 aromatic rings. The minimum absolute atomic E-state index is 0.0701. The van der Waals surface area contributed by atoms with E-state index in [4.69, 9.17) is 15.2 Å². The van der Waals surface area contributed by atoms with Gasteiger partial charge in [0.05, 0.1) is 5.69 Å². The van der Waals surface area contributed by atoms with Gasteiger partial charge in [-0.2, -0.15) is 0 Å². The molecule has 2 rings (SSSR count). The Balaban J connectivity index is 2.29. The van der Waals surface area contributed by atoms with Crippen molar-refractivity contribution in [3.05, 3.63) is 18.2 Å². The Hall–Kier alpha value is -3.11. The lowest BCUT2D eigenvalue weighted by molar-refractivity contribution is -0.139. The van der Waals surface area contributed by atoms with E-state index in [9.17, 15) is 19.2 Å². The van der Waals surface area contributed by atoms with Crippen LogP contribution in [0.1, 0.15) is 60.1 Å². The zero-order chi connectivity index (χ0) is 24.3. The summed E-state index contributed by atoms with van der Waals surface area (Å²) < 4.78 is 11.8. The molecule has 1 aliphatic heterocycles. The van der Waals surface area contributed by atoms with Gasteiger partial charge in [-0.15, -0.1) is 0 Å². The summed E-state index contributed by atoms with van der Waals surface area (Å²) in [6.07, 6.45) is 2.24. The number of likely N-dealkylation sites (tertiary alicyclic amines) is 1. The van der Waals surface area contributed by atoms with Gasteiger partial charge in [-0.3, -0.25) is 9.59 Å². The number of alkyl carbamates (subject to hydrolysis) is 1. The van der Waals surface area contributed by atoms with E-state index in [1.54, 1.807) is 41.5 Å². The van der Waals surface area contributed by atoms with Crippen LogP contribution in [-0.2, 0) is 25.5 Å². The van der Waals surface area contributed by atoms with Crippen LogP contribution in [0.15, 0.2) is 12.5 Å². The number of rotatable bonds is 5. The highest BCUT2D eigenvalue weighted by Crippen LogP contribution is 2.20. The average molecular weight is 452 g/mol. The summed E-state index contributed by atoms with van der Waals surface area (Å²) in [5.74, 6) is -1.10. The minimum atomic E-state index is -1.11. The predicted molar refractivity (Wildman–Crippen MR) is 115 cm³/mol. The van der Waals surface area contributed by atoms with Gasteiger partial charge in [0.2, 0.25) is 11.8 Å². The van der Waals surface area contributed by atoms with Crippen molar-refractivity contribution in [3.8, 4) is 0 Å². The molecule has 0 saturated carbocycles. The molecule has 11 heteroatoms. The Morgan fingerprint density at radius 3 is 2.34 bits per heavy atom. The molecule has 1 saturated heterocycles. The molecule has 32 heavy (non-hydrogen) atoms. The van der Waals surface area contributed by atoms with E-state index in [0.29, 0.717) is 25.1 Å². The van der Waals surface area contributed by atoms with Gasteiger partial charge in [0.15, 0.2) is 0 Å². The summed E-state index contributed by atoms with van der Waals surface area (Å²) in [7, 11) is 0. The van der Waals surface area contributed by atoms with E-state index in [-0.39, 0.29) is 6.42 Å². The van der Waals surface area contributed by atoms with Crippen LogP contribution in [0.5, 0.6) is 0 Å². The largest absolute Gasteiger partial charge is 0.444 e.